The zero-order valence-corrected chi connectivity index (χ0v) is 13.9. The Bertz CT molecular complexity index is 582. The molecule has 0 saturated carbocycles. The second kappa shape index (κ2) is 8.83. The summed E-state index contributed by atoms with van der Waals surface area (Å²) < 4.78 is 26.9. The molecule has 0 aromatic heterocycles. The van der Waals surface area contributed by atoms with E-state index in [0.717, 1.165) is 18.4 Å². The molecule has 0 spiro atoms. The van der Waals surface area contributed by atoms with Crippen LogP contribution >= 0.6 is 0 Å². The zero-order valence-electron chi connectivity index (χ0n) is 13.1. The van der Waals surface area contributed by atoms with Crippen molar-refractivity contribution in [3.8, 4) is 0 Å². The Morgan fingerprint density at radius 2 is 1.95 bits per heavy atom. The molecule has 116 valence electrons. The smallest absolute Gasteiger partial charge is 0.211 e. The normalized spacial score (nSPS) is 12.5. The van der Waals surface area contributed by atoms with E-state index in [2.05, 4.69) is 17.4 Å². The van der Waals surface area contributed by atoms with Crippen molar-refractivity contribution in [2.24, 2.45) is 5.92 Å². The van der Waals surface area contributed by atoms with Crippen LogP contribution in [0.25, 0.3) is 0 Å². The highest BCUT2D eigenvalue weighted by Gasteiger charge is 2.13. The number of sulfonamides is 1. The summed E-state index contributed by atoms with van der Waals surface area (Å²) in [5, 5.41) is 0. The Morgan fingerprint density at radius 3 is 2.57 bits per heavy atom. The first-order valence-electron chi connectivity index (χ1n) is 7.43. The molecule has 0 aliphatic heterocycles. The summed E-state index contributed by atoms with van der Waals surface area (Å²) in [6, 6.07) is 6.86. The molecule has 1 N–H and O–H groups in total. The van der Waals surface area contributed by atoms with Gasteiger partial charge in [0.1, 0.15) is 0 Å². The number of hydrogen-bond donors (Lipinski definition) is 1. The molecule has 4 heteroatoms. The van der Waals surface area contributed by atoms with E-state index < -0.39 is 10.0 Å². The summed E-state index contributed by atoms with van der Waals surface area (Å²) in [6.07, 6.45) is 7.27. The second-order valence-corrected chi connectivity index (χ2v) is 7.09. The molecule has 1 atom stereocenters. The van der Waals surface area contributed by atoms with Gasteiger partial charge in [0.2, 0.25) is 10.0 Å². The molecule has 0 aliphatic rings. The maximum Gasteiger partial charge on any atom is 0.240 e. The minimum atomic E-state index is -3.42. The molecule has 0 radical (unpaired) electrons. The van der Waals surface area contributed by atoms with Crippen LogP contribution in [0.3, 0.4) is 0 Å². The molecule has 0 amide bonds. The van der Waals surface area contributed by atoms with Gasteiger partial charge in [0, 0.05) is 6.54 Å². The Morgan fingerprint density at radius 1 is 1.29 bits per heavy atom. The molecule has 3 nitrogen and oxygen atoms in total. The van der Waals surface area contributed by atoms with E-state index >= 15 is 0 Å². The van der Waals surface area contributed by atoms with Crippen molar-refractivity contribution in [2.75, 3.05) is 6.54 Å². The van der Waals surface area contributed by atoms with Crippen molar-refractivity contribution in [1.29, 1.82) is 0 Å². The lowest BCUT2D eigenvalue weighted by Crippen LogP contribution is -2.27. The largest absolute Gasteiger partial charge is 0.240 e. The molecular formula is C17H25NO2S. The fourth-order valence-corrected chi connectivity index (χ4v) is 2.87. The third-order valence-corrected chi connectivity index (χ3v) is 4.57. The third kappa shape index (κ3) is 6.76. The number of unbranched alkanes of at least 4 members (excludes halogenated alkanes) is 2. The van der Waals surface area contributed by atoms with Gasteiger partial charge in [-0.1, -0.05) is 38.0 Å². The van der Waals surface area contributed by atoms with Gasteiger partial charge in [0.15, 0.2) is 0 Å². The van der Waals surface area contributed by atoms with Crippen LogP contribution in [0.15, 0.2) is 47.0 Å². The van der Waals surface area contributed by atoms with Crippen LogP contribution in [0.2, 0.25) is 0 Å². The van der Waals surface area contributed by atoms with Gasteiger partial charge in [0.25, 0.3) is 0 Å². The van der Waals surface area contributed by atoms with Gasteiger partial charge in [-0.2, -0.15) is 0 Å². The number of rotatable bonds is 8. The van der Waals surface area contributed by atoms with Crippen molar-refractivity contribution in [3.63, 3.8) is 0 Å². The van der Waals surface area contributed by atoms with E-state index in [9.17, 15) is 8.42 Å². The highest BCUT2D eigenvalue weighted by Crippen LogP contribution is 2.10. The van der Waals surface area contributed by atoms with Gasteiger partial charge in [-0.25, -0.2) is 13.1 Å². The van der Waals surface area contributed by atoms with E-state index in [1.165, 1.54) is 6.42 Å². The SMILES string of the molecule is CCCCC=C=CC(C)CNS(=O)(=O)c1ccc(C)cc1. The Kier molecular flexibility index (Phi) is 7.44. The molecule has 1 aromatic carbocycles. The number of hydrogen-bond acceptors (Lipinski definition) is 2. The number of nitrogens with one attached hydrogen (secondary N) is 1. The minimum Gasteiger partial charge on any atom is -0.211 e. The standard InChI is InChI=1S/C17H25NO2S/c1-4-5-6-7-8-9-16(3)14-18-21(19,20)17-12-10-15(2)11-13-17/h7,9-13,16,18H,4-6,14H2,1-3H3. The minimum absolute atomic E-state index is 0.114. The number of benzene rings is 1. The van der Waals surface area contributed by atoms with Gasteiger partial charge in [-0.3, -0.25) is 0 Å². The van der Waals surface area contributed by atoms with Gasteiger partial charge >= 0.3 is 0 Å². The fourth-order valence-electron chi connectivity index (χ4n) is 1.72. The van der Waals surface area contributed by atoms with E-state index in [-0.39, 0.29) is 5.92 Å². The first-order chi connectivity index (χ1) is 9.95. The van der Waals surface area contributed by atoms with Crippen LogP contribution in [0.1, 0.15) is 38.7 Å². The molecule has 1 rings (SSSR count). The van der Waals surface area contributed by atoms with E-state index in [1.54, 1.807) is 24.3 Å². The average Bonchev–Trinajstić information content (AvgIpc) is 2.45. The van der Waals surface area contributed by atoms with Crippen LogP contribution in [-0.4, -0.2) is 15.0 Å². The van der Waals surface area contributed by atoms with Gasteiger partial charge < -0.3 is 0 Å². The monoisotopic (exact) mass is 307 g/mol. The Labute approximate surface area is 128 Å². The summed E-state index contributed by atoms with van der Waals surface area (Å²) in [5.74, 6) is 0.114. The maximum absolute atomic E-state index is 12.1. The summed E-state index contributed by atoms with van der Waals surface area (Å²) in [5.41, 5.74) is 4.16. The van der Waals surface area contributed by atoms with Crippen molar-refractivity contribution in [3.05, 3.63) is 47.7 Å². The van der Waals surface area contributed by atoms with E-state index in [1.807, 2.05) is 26.0 Å². The first-order valence-corrected chi connectivity index (χ1v) is 8.91. The van der Waals surface area contributed by atoms with Crippen LogP contribution in [0.4, 0.5) is 0 Å². The summed E-state index contributed by atoms with van der Waals surface area (Å²) in [4.78, 5) is 0.308. The zero-order chi connectivity index (χ0) is 15.7. The van der Waals surface area contributed by atoms with Crippen LogP contribution in [0.5, 0.6) is 0 Å². The number of aryl methyl sites for hydroxylation is 1. The van der Waals surface area contributed by atoms with Crippen molar-refractivity contribution >= 4 is 10.0 Å². The molecule has 0 aliphatic carbocycles. The van der Waals surface area contributed by atoms with Crippen LogP contribution in [-0.2, 0) is 10.0 Å². The predicted molar refractivity (Wildman–Crippen MR) is 87.7 cm³/mol. The van der Waals surface area contributed by atoms with Gasteiger partial charge in [0.05, 0.1) is 4.90 Å². The molecule has 1 aromatic rings. The third-order valence-electron chi connectivity index (χ3n) is 3.13. The summed E-state index contributed by atoms with van der Waals surface area (Å²) in [7, 11) is -3.42. The molecule has 1 unspecified atom stereocenters. The Balaban J connectivity index is 2.53. The van der Waals surface area contributed by atoms with Crippen molar-refractivity contribution in [2.45, 2.75) is 44.9 Å². The highest BCUT2D eigenvalue weighted by molar-refractivity contribution is 7.89. The molecule has 0 heterocycles. The highest BCUT2D eigenvalue weighted by atomic mass is 32.2. The van der Waals surface area contributed by atoms with Gasteiger partial charge in [-0.05, 0) is 50.0 Å². The summed E-state index contributed by atoms with van der Waals surface area (Å²) in [6.45, 7) is 6.44. The molecule has 0 fully saturated rings. The fraction of sp³-hybridized carbons (Fsp3) is 0.471. The van der Waals surface area contributed by atoms with E-state index in [0.29, 0.717) is 11.4 Å². The molecule has 0 bridgehead atoms. The Hall–Kier alpha value is -1.35. The molecule has 0 saturated heterocycles. The predicted octanol–water partition coefficient (Wildman–Crippen LogP) is 3.81. The second-order valence-electron chi connectivity index (χ2n) is 5.32. The topological polar surface area (TPSA) is 46.2 Å². The van der Waals surface area contributed by atoms with Crippen LogP contribution < -0.4 is 4.72 Å². The maximum atomic E-state index is 12.1. The molecular weight excluding hydrogens is 282 g/mol. The summed E-state index contributed by atoms with van der Waals surface area (Å²) >= 11 is 0. The lowest BCUT2D eigenvalue weighted by Gasteiger charge is -2.09. The van der Waals surface area contributed by atoms with Gasteiger partial charge in [-0.15, -0.1) is 5.73 Å². The molecule has 21 heavy (non-hydrogen) atoms. The van der Waals surface area contributed by atoms with Crippen LogP contribution in [0, 0.1) is 12.8 Å². The lowest BCUT2D eigenvalue weighted by molar-refractivity contribution is 0.571. The quantitative estimate of drug-likeness (QED) is 0.586. The van der Waals surface area contributed by atoms with Crippen molar-refractivity contribution in [1.82, 2.24) is 4.72 Å². The van der Waals surface area contributed by atoms with Crippen molar-refractivity contribution < 1.29 is 8.42 Å². The first kappa shape index (κ1) is 17.7. The lowest BCUT2D eigenvalue weighted by atomic mass is 10.2. The van der Waals surface area contributed by atoms with E-state index in [4.69, 9.17) is 0 Å². The average molecular weight is 307 g/mol.